The van der Waals surface area contributed by atoms with E-state index < -0.39 is 5.91 Å². The SMILES string of the molecule is CCOC(N)(O)C(CC)(CC)CC. The molecule has 80 valence electrons. The van der Waals surface area contributed by atoms with Crippen molar-refractivity contribution >= 4 is 0 Å². The second-order valence-corrected chi connectivity index (χ2v) is 3.47. The number of hydrogen-bond donors (Lipinski definition) is 2. The summed E-state index contributed by atoms with van der Waals surface area (Å²) in [6, 6.07) is 0. The first-order chi connectivity index (χ1) is 5.99. The normalized spacial score (nSPS) is 17.1. The molecule has 0 radical (unpaired) electrons. The highest BCUT2D eigenvalue weighted by molar-refractivity contribution is 4.86. The summed E-state index contributed by atoms with van der Waals surface area (Å²) in [6.45, 7) is 8.37. The molecule has 0 heterocycles. The highest BCUT2D eigenvalue weighted by Crippen LogP contribution is 2.39. The van der Waals surface area contributed by atoms with Crippen LogP contribution in [-0.2, 0) is 4.74 Å². The lowest BCUT2D eigenvalue weighted by atomic mass is 9.76. The van der Waals surface area contributed by atoms with E-state index in [0.29, 0.717) is 6.61 Å². The number of hydrogen-bond acceptors (Lipinski definition) is 3. The number of ether oxygens (including phenoxy) is 1. The molecule has 0 rings (SSSR count). The van der Waals surface area contributed by atoms with Gasteiger partial charge in [-0.3, -0.25) is 5.73 Å². The Kier molecular flexibility index (Phi) is 4.89. The summed E-state index contributed by atoms with van der Waals surface area (Å²) in [7, 11) is 0. The molecule has 3 nitrogen and oxygen atoms in total. The van der Waals surface area contributed by atoms with Crippen molar-refractivity contribution in [1.29, 1.82) is 0 Å². The van der Waals surface area contributed by atoms with Gasteiger partial charge in [-0.25, -0.2) is 0 Å². The van der Waals surface area contributed by atoms with Gasteiger partial charge in [0, 0.05) is 12.0 Å². The predicted octanol–water partition coefficient (Wildman–Crippen LogP) is 1.84. The van der Waals surface area contributed by atoms with E-state index in [2.05, 4.69) is 0 Å². The van der Waals surface area contributed by atoms with Crippen molar-refractivity contribution in [2.75, 3.05) is 6.61 Å². The first-order valence-electron chi connectivity index (χ1n) is 5.14. The standard InChI is InChI=1S/C10H23NO2/c1-5-9(6-2,7-3)10(11,12)13-8-4/h12H,5-8,11H2,1-4H3. The second kappa shape index (κ2) is 4.94. The van der Waals surface area contributed by atoms with E-state index in [1.807, 2.05) is 27.7 Å². The van der Waals surface area contributed by atoms with Gasteiger partial charge in [0.25, 0.3) is 0 Å². The Hall–Kier alpha value is -0.120. The Labute approximate surface area is 81.3 Å². The van der Waals surface area contributed by atoms with Crippen molar-refractivity contribution in [2.24, 2.45) is 11.1 Å². The number of aliphatic hydroxyl groups is 1. The molecule has 0 amide bonds. The van der Waals surface area contributed by atoms with Crippen LogP contribution in [0.4, 0.5) is 0 Å². The molecule has 1 unspecified atom stereocenters. The lowest BCUT2D eigenvalue weighted by Gasteiger charge is -2.42. The second-order valence-electron chi connectivity index (χ2n) is 3.47. The molecular weight excluding hydrogens is 166 g/mol. The van der Waals surface area contributed by atoms with Crippen LogP contribution in [0.15, 0.2) is 0 Å². The topological polar surface area (TPSA) is 55.5 Å². The largest absolute Gasteiger partial charge is 0.353 e. The molecule has 0 aliphatic rings. The fourth-order valence-electron chi connectivity index (χ4n) is 1.88. The summed E-state index contributed by atoms with van der Waals surface area (Å²) in [5.74, 6) is -1.49. The monoisotopic (exact) mass is 189 g/mol. The van der Waals surface area contributed by atoms with Crippen LogP contribution in [0.1, 0.15) is 47.0 Å². The lowest BCUT2D eigenvalue weighted by Crippen LogP contribution is -2.57. The minimum atomic E-state index is -1.49. The molecule has 0 fully saturated rings. The van der Waals surface area contributed by atoms with E-state index in [1.165, 1.54) is 0 Å². The van der Waals surface area contributed by atoms with Gasteiger partial charge in [-0.1, -0.05) is 20.8 Å². The summed E-state index contributed by atoms with van der Waals surface area (Å²) in [5.41, 5.74) is 5.45. The molecule has 0 saturated heterocycles. The van der Waals surface area contributed by atoms with E-state index in [9.17, 15) is 5.11 Å². The van der Waals surface area contributed by atoms with Crippen LogP contribution >= 0.6 is 0 Å². The van der Waals surface area contributed by atoms with Gasteiger partial charge in [-0.2, -0.15) is 0 Å². The highest BCUT2D eigenvalue weighted by Gasteiger charge is 2.44. The van der Waals surface area contributed by atoms with E-state index in [-0.39, 0.29) is 5.41 Å². The smallest absolute Gasteiger partial charge is 0.228 e. The molecule has 0 aromatic carbocycles. The van der Waals surface area contributed by atoms with E-state index in [0.717, 1.165) is 19.3 Å². The number of nitrogens with two attached hydrogens (primary N) is 1. The molecule has 0 aromatic heterocycles. The Morgan fingerprint density at radius 3 is 1.69 bits per heavy atom. The van der Waals surface area contributed by atoms with Crippen LogP contribution in [0, 0.1) is 5.41 Å². The maximum absolute atomic E-state index is 9.98. The minimum Gasteiger partial charge on any atom is -0.353 e. The Bertz CT molecular complexity index is 134. The molecule has 0 spiro atoms. The van der Waals surface area contributed by atoms with Crippen LogP contribution in [-0.4, -0.2) is 17.6 Å². The number of rotatable bonds is 6. The van der Waals surface area contributed by atoms with Crippen LogP contribution in [0.2, 0.25) is 0 Å². The molecular formula is C10H23NO2. The van der Waals surface area contributed by atoms with Crippen molar-refractivity contribution in [3.8, 4) is 0 Å². The van der Waals surface area contributed by atoms with Crippen LogP contribution < -0.4 is 5.73 Å². The summed E-state index contributed by atoms with van der Waals surface area (Å²) >= 11 is 0. The van der Waals surface area contributed by atoms with Gasteiger partial charge >= 0.3 is 0 Å². The average molecular weight is 189 g/mol. The third-order valence-electron chi connectivity index (χ3n) is 3.15. The Morgan fingerprint density at radius 2 is 1.46 bits per heavy atom. The molecule has 0 aliphatic carbocycles. The third kappa shape index (κ3) is 2.42. The molecule has 13 heavy (non-hydrogen) atoms. The van der Waals surface area contributed by atoms with Gasteiger partial charge < -0.3 is 9.84 Å². The zero-order valence-electron chi connectivity index (χ0n) is 9.26. The van der Waals surface area contributed by atoms with Crippen molar-refractivity contribution in [1.82, 2.24) is 0 Å². The first-order valence-corrected chi connectivity index (χ1v) is 5.14. The summed E-state index contributed by atoms with van der Waals surface area (Å²) in [4.78, 5) is 0. The van der Waals surface area contributed by atoms with Crippen LogP contribution in [0.3, 0.4) is 0 Å². The van der Waals surface area contributed by atoms with Gasteiger partial charge in [-0.05, 0) is 26.2 Å². The third-order valence-corrected chi connectivity index (χ3v) is 3.15. The zero-order chi connectivity index (χ0) is 10.5. The molecule has 3 heteroatoms. The predicted molar refractivity (Wildman–Crippen MR) is 54.1 cm³/mol. The first kappa shape index (κ1) is 12.9. The van der Waals surface area contributed by atoms with Crippen molar-refractivity contribution in [3.05, 3.63) is 0 Å². The summed E-state index contributed by atoms with van der Waals surface area (Å²) in [5, 5.41) is 9.98. The Morgan fingerprint density at radius 1 is 1.08 bits per heavy atom. The van der Waals surface area contributed by atoms with Crippen LogP contribution in [0.5, 0.6) is 0 Å². The minimum absolute atomic E-state index is 0.316. The van der Waals surface area contributed by atoms with Gasteiger partial charge in [-0.15, -0.1) is 0 Å². The fourth-order valence-corrected chi connectivity index (χ4v) is 1.88. The summed E-state index contributed by atoms with van der Waals surface area (Å²) < 4.78 is 5.20. The van der Waals surface area contributed by atoms with Gasteiger partial charge in [0.1, 0.15) is 0 Å². The molecule has 3 N–H and O–H groups in total. The Balaban J connectivity index is 4.68. The quantitative estimate of drug-likeness (QED) is 0.627. The van der Waals surface area contributed by atoms with E-state index in [4.69, 9.17) is 10.5 Å². The van der Waals surface area contributed by atoms with Gasteiger partial charge in [0.15, 0.2) is 0 Å². The van der Waals surface area contributed by atoms with Crippen molar-refractivity contribution in [3.63, 3.8) is 0 Å². The highest BCUT2D eigenvalue weighted by atomic mass is 16.6. The zero-order valence-corrected chi connectivity index (χ0v) is 9.26. The van der Waals surface area contributed by atoms with Crippen molar-refractivity contribution in [2.45, 2.75) is 52.9 Å². The molecule has 0 aliphatic heterocycles. The molecule has 0 bridgehead atoms. The summed E-state index contributed by atoms with van der Waals surface area (Å²) in [6.07, 6.45) is 2.48. The van der Waals surface area contributed by atoms with E-state index >= 15 is 0 Å². The lowest BCUT2D eigenvalue weighted by molar-refractivity contribution is -0.272. The van der Waals surface area contributed by atoms with Gasteiger partial charge in [0.2, 0.25) is 5.91 Å². The van der Waals surface area contributed by atoms with E-state index in [1.54, 1.807) is 0 Å². The maximum atomic E-state index is 9.98. The van der Waals surface area contributed by atoms with Crippen molar-refractivity contribution < 1.29 is 9.84 Å². The molecule has 0 aromatic rings. The van der Waals surface area contributed by atoms with Crippen LogP contribution in [0.25, 0.3) is 0 Å². The molecule has 0 saturated carbocycles. The average Bonchev–Trinajstić information content (AvgIpc) is 2.07. The fraction of sp³-hybridized carbons (Fsp3) is 1.00. The maximum Gasteiger partial charge on any atom is 0.228 e. The molecule has 1 atom stereocenters. The van der Waals surface area contributed by atoms with Gasteiger partial charge in [0.05, 0.1) is 0 Å².